The van der Waals surface area contributed by atoms with Crippen LogP contribution in [-0.4, -0.2) is 32.0 Å². The van der Waals surface area contributed by atoms with Crippen molar-refractivity contribution in [2.24, 2.45) is 5.10 Å². The molecule has 0 spiro atoms. The number of para-hydroxylation sites is 1. The number of hydrazone groups is 1. The van der Waals surface area contributed by atoms with E-state index >= 15 is 0 Å². The van der Waals surface area contributed by atoms with Crippen molar-refractivity contribution in [1.29, 1.82) is 0 Å². The van der Waals surface area contributed by atoms with Crippen LogP contribution in [-0.2, 0) is 0 Å². The van der Waals surface area contributed by atoms with Gasteiger partial charge in [-0.25, -0.2) is 0 Å². The SMILES string of the molecule is CCOc1ccc2c(N/N=C/c3cccc(OC)c3OC)cc(C)nc2c1. The first-order chi connectivity index (χ1) is 13.2. The second-order valence-electron chi connectivity index (χ2n) is 5.88. The summed E-state index contributed by atoms with van der Waals surface area (Å²) in [6.07, 6.45) is 1.71. The number of pyridine rings is 1. The lowest BCUT2D eigenvalue weighted by molar-refractivity contribution is 0.340. The largest absolute Gasteiger partial charge is 0.494 e. The summed E-state index contributed by atoms with van der Waals surface area (Å²) in [5.74, 6) is 2.11. The van der Waals surface area contributed by atoms with E-state index in [1.54, 1.807) is 20.4 Å². The third-order valence-corrected chi connectivity index (χ3v) is 4.04. The van der Waals surface area contributed by atoms with E-state index in [-0.39, 0.29) is 0 Å². The molecule has 0 radical (unpaired) electrons. The Morgan fingerprint density at radius 3 is 2.70 bits per heavy atom. The predicted molar refractivity (Wildman–Crippen MR) is 108 cm³/mol. The summed E-state index contributed by atoms with van der Waals surface area (Å²) in [6.45, 7) is 4.53. The van der Waals surface area contributed by atoms with E-state index in [9.17, 15) is 0 Å². The Hall–Kier alpha value is -3.28. The lowest BCUT2D eigenvalue weighted by atomic mass is 10.1. The molecule has 0 bridgehead atoms. The first kappa shape index (κ1) is 18.5. The average molecular weight is 365 g/mol. The molecule has 0 amide bonds. The number of benzene rings is 2. The van der Waals surface area contributed by atoms with Crippen LogP contribution in [0.3, 0.4) is 0 Å². The molecule has 0 unspecified atom stereocenters. The molecule has 6 heteroatoms. The molecule has 0 saturated heterocycles. The van der Waals surface area contributed by atoms with Gasteiger partial charge in [0, 0.05) is 22.7 Å². The van der Waals surface area contributed by atoms with Crippen LogP contribution in [0.1, 0.15) is 18.2 Å². The molecule has 140 valence electrons. The fraction of sp³-hybridized carbons (Fsp3) is 0.238. The van der Waals surface area contributed by atoms with Gasteiger partial charge in [-0.2, -0.15) is 5.10 Å². The number of hydrogen-bond acceptors (Lipinski definition) is 6. The Labute approximate surface area is 158 Å². The van der Waals surface area contributed by atoms with Crippen LogP contribution in [0, 0.1) is 6.92 Å². The molecule has 27 heavy (non-hydrogen) atoms. The van der Waals surface area contributed by atoms with Gasteiger partial charge < -0.3 is 14.2 Å². The quantitative estimate of drug-likeness (QED) is 0.496. The molecule has 6 nitrogen and oxygen atoms in total. The Bertz CT molecular complexity index is 970. The van der Waals surface area contributed by atoms with E-state index in [0.717, 1.165) is 33.6 Å². The monoisotopic (exact) mass is 365 g/mol. The van der Waals surface area contributed by atoms with Crippen molar-refractivity contribution in [2.45, 2.75) is 13.8 Å². The van der Waals surface area contributed by atoms with Gasteiger partial charge in [-0.05, 0) is 44.2 Å². The van der Waals surface area contributed by atoms with Crippen LogP contribution >= 0.6 is 0 Å². The van der Waals surface area contributed by atoms with Gasteiger partial charge in [0.15, 0.2) is 11.5 Å². The number of aromatic nitrogens is 1. The minimum absolute atomic E-state index is 0.620. The lowest BCUT2D eigenvalue weighted by Crippen LogP contribution is -1.98. The van der Waals surface area contributed by atoms with Crippen LogP contribution in [0.15, 0.2) is 47.6 Å². The Balaban J connectivity index is 1.90. The van der Waals surface area contributed by atoms with E-state index in [1.807, 2.05) is 56.3 Å². The highest BCUT2D eigenvalue weighted by molar-refractivity contribution is 5.93. The molecule has 3 rings (SSSR count). The van der Waals surface area contributed by atoms with Gasteiger partial charge in [-0.1, -0.05) is 6.07 Å². The summed E-state index contributed by atoms with van der Waals surface area (Å²) in [6, 6.07) is 13.5. The highest BCUT2D eigenvalue weighted by atomic mass is 16.5. The molecular formula is C21H23N3O3. The third kappa shape index (κ3) is 4.11. The van der Waals surface area contributed by atoms with Crippen molar-refractivity contribution < 1.29 is 14.2 Å². The molecule has 0 fully saturated rings. The van der Waals surface area contributed by atoms with Gasteiger partial charge in [-0.15, -0.1) is 0 Å². The third-order valence-electron chi connectivity index (χ3n) is 4.04. The lowest BCUT2D eigenvalue weighted by Gasteiger charge is -2.11. The number of ether oxygens (including phenoxy) is 3. The number of nitrogens with zero attached hydrogens (tertiary/aromatic N) is 2. The summed E-state index contributed by atoms with van der Waals surface area (Å²) in [7, 11) is 3.22. The van der Waals surface area contributed by atoms with Crippen LogP contribution in [0.4, 0.5) is 5.69 Å². The van der Waals surface area contributed by atoms with E-state index in [1.165, 1.54) is 0 Å². The first-order valence-electron chi connectivity index (χ1n) is 8.70. The first-order valence-corrected chi connectivity index (χ1v) is 8.70. The molecule has 0 aliphatic carbocycles. The predicted octanol–water partition coefficient (Wildman–Crippen LogP) is 4.41. The zero-order valence-electron chi connectivity index (χ0n) is 15.9. The van der Waals surface area contributed by atoms with Crippen molar-refractivity contribution in [3.8, 4) is 17.2 Å². The summed E-state index contributed by atoms with van der Waals surface area (Å²) < 4.78 is 16.3. The van der Waals surface area contributed by atoms with E-state index in [0.29, 0.717) is 18.1 Å². The average Bonchev–Trinajstić information content (AvgIpc) is 2.67. The fourth-order valence-corrected chi connectivity index (χ4v) is 2.87. The van der Waals surface area contributed by atoms with Crippen molar-refractivity contribution in [2.75, 3.05) is 26.3 Å². The molecule has 1 heterocycles. The van der Waals surface area contributed by atoms with Gasteiger partial charge in [0.05, 0.1) is 38.2 Å². The summed E-state index contributed by atoms with van der Waals surface area (Å²) in [4.78, 5) is 4.59. The highest BCUT2D eigenvalue weighted by Crippen LogP contribution is 2.30. The normalized spacial score (nSPS) is 11.0. The fourth-order valence-electron chi connectivity index (χ4n) is 2.87. The van der Waals surface area contributed by atoms with Crippen molar-refractivity contribution in [3.05, 3.63) is 53.7 Å². The maximum atomic E-state index is 5.56. The summed E-state index contributed by atoms with van der Waals surface area (Å²) in [5.41, 5.74) is 6.56. The number of nitrogens with one attached hydrogen (secondary N) is 1. The van der Waals surface area contributed by atoms with E-state index in [4.69, 9.17) is 14.2 Å². The van der Waals surface area contributed by atoms with Gasteiger partial charge in [0.1, 0.15) is 5.75 Å². The molecule has 1 aromatic heterocycles. The minimum Gasteiger partial charge on any atom is -0.494 e. The van der Waals surface area contributed by atoms with Crippen molar-refractivity contribution in [3.63, 3.8) is 0 Å². The zero-order valence-corrected chi connectivity index (χ0v) is 15.9. The molecule has 0 saturated carbocycles. The van der Waals surface area contributed by atoms with E-state index in [2.05, 4.69) is 15.5 Å². The van der Waals surface area contributed by atoms with E-state index < -0.39 is 0 Å². The van der Waals surface area contributed by atoms with Crippen molar-refractivity contribution in [1.82, 2.24) is 4.98 Å². The van der Waals surface area contributed by atoms with Gasteiger partial charge in [-0.3, -0.25) is 10.4 Å². The standard InChI is InChI=1S/C21H23N3O3/c1-5-27-16-9-10-17-18(12-16)23-14(2)11-19(17)24-22-13-15-7-6-8-20(25-3)21(15)26-4/h6-13H,5H2,1-4H3,(H,23,24)/b22-13+. The van der Waals surface area contributed by atoms with Gasteiger partial charge >= 0.3 is 0 Å². The number of fused-ring (bicyclic) bond motifs is 1. The maximum absolute atomic E-state index is 5.56. The van der Waals surface area contributed by atoms with Crippen LogP contribution in [0.2, 0.25) is 0 Å². The van der Waals surface area contributed by atoms with Gasteiger partial charge in [0.2, 0.25) is 0 Å². The second kappa shape index (κ2) is 8.40. The number of hydrogen-bond donors (Lipinski definition) is 1. The van der Waals surface area contributed by atoms with Crippen LogP contribution < -0.4 is 19.6 Å². The number of methoxy groups -OCH3 is 2. The Kier molecular flexibility index (Phi) is 5.76. The molecular weight excluding hydrogens is 342 g/mol. The minimum atomic E-state index is 0.620. The molecule has 0 aliphatic heterocycles. The molecule has 2 aromatic carbocycles. The Morgan fingerprint density at radius 1 is 1.11 bits per heavy atom. The zero-order chi connectivity index (χ0) is 19.2. The Morgan fingerprint density at radius 2 is 1.96 bits per heavy atom. The summed E-state index contributed by atoms with van der Waals surface area (Å²) >= 11 is 0. The highest BCUT2D eigenvalue weighted by Gasteiger charge is 2.08. The molecule has 0 aliphatic rings. The number of rotatable bonds is 7. The maximum Gasteiger partial charge on any atom is 0.169 e. The summed E-state index contributed by atoms with van der Waals surface area (Å²) in [5, 5.41) is 5.35. The topological polar surface area (TPSA) is 65.0 Å². The number of aryl methyl sites for hydroxylation is 1. The van der Waals surface area contributed by atoms with Crippen LogP contribution in [0.5, 0.6) is 17.2 Å². The van der Waals surface area contributed by atoms with Crippen LogP contribution in [0.25, 0.3) is 10.9 Å². The smallest absolute Gasteiger partial charge is 0.169 e. The second-order valence-corrected chi connectivity index (χ2v) is 5.88. The molecule has 3 aromatic rings. The number of anilines is 1. The molecule has 1 N–H and O–H groups in total. The molecule has 0 atom stereocenters. The van der Waals surface area contributed by atoms with Crippen molar-refractivity contribution >= 4 is 22.8 Å². The van der Waals surface area contributed by atoms with Gasteiger partial charge in [0.25, 0.3) is 0 Å².